The molecule has 0 nitrogen and oxygen atoms in total. The molecule has 0 aromatic rings. The van der Waals surface area contributed by atoms with Crippen molar-refractivity contribution in [2.24, 2.45) is 11.8 Å². The number of hydrogen-bond acceptors (Lipinski definition) is 0. The van der Waals surface area contributed by atoms with Gasteiger partial charge in [-0.05, 0) is 0 Å². The average Bonchev–Trinajstić information content (AvgIpc) is 3.22. The molecule has 4 unspecified atom stereocenters. The van der Waals surface area contributed by atoms with Crippen LogP contribution in [0, 0.1) is 11.8 Å². The van der Waals surface area contributed by atoms with Crippen molar-refractivity contribution < 1.29 is 7.72 Å². The molecular formula is C16H22Ru. The topological polar surface area (TPSA) is 0 Å². The van der Waals surface area contributed by atoms with Crippen molar-refractivity contribution in [3.63, 3.8) is 0 Å². The minimum atomic E-state index is -3.18. The zero-order chi connectivity index (χ0) is 11.1. The molecule has 10 aliphatic rings. The molecule has 0 saturated carbocycles. The van der Waals surface area contributed by atoms with E-state index in [4.69, 9.17) is 0 Å². The van der Waals surface area contributed by atoms with E-state index in [1.54, 1.807) is 0 Å². The molecule has 0 aromatic carbocycles. The Balaban J connectivity index is 1.75. The maximum absolute atomic E-state index is 3.18. The first-order chi connectivity index (χ1) is 7.82. The average molecular weight is 315 g/mol. The fraction of sp³-hybridized carbons (Fsp3) is 1.00. The number of rotatable bonds is 2. The molecule has 0 N–H and O–H groups in total. The van der Waals surface area contributed by atoms with E-state index in [2.05, 4.69) is 27.7 Å². The third-order valence-corrected chi connectivity index (χ3v) is 86.0. The van der Waals surface area contributed by atoms with Gasteiger partial charge < -0.3 is 0 Å². The van der Waals surface area contributed by atoms with Gasteiger partial charge in [-0.2, -0.15) is 0 Å². The van der Waals surface area contributed by atoms with Gasteiger partial charge in [-0.15, -0.1) is 0 Å². The molecule has 94 valence electrons. The van der Waals surface area contributed by atoms with Crippen molar-refractivity contribution in [3.8, 4) is 0 Å². The Labute approximate surface area is 91.2 Å². The Hall–Kier alpha value is 0.623. The minimum absolute atomic E-state index is 1.10. The van der Waals surface area contributed by atoms with Gasteiger partial charge in [-0.3, -0.25) is 0 Å². The van der Waals surface area contributed by atoms with Gasteiger partial charge in [0.15, 0.2) is 0 Å². The first-order valence-electron chi connectivity index (χ1n) is 8.03. The molecular weight excluding hydrogens is 293 g/mol. The van der Waals surface area contributed by atoms with Gasteiger partial charge in [-0.25, -0.2) is 0 Å². The monoisotopic (exact) mass is 316 g/mol. The summed E-state index contributed by atoms with van der Waals surface area (Å²) in [6, 6.07) is 0. The van der Waals surface area contributed by atoms with Gasteiger partial charge in [0, 0.05) is 0 Å². The van der Waals surface area contributed by atoms with Crippen molar-refractivity contribution in [1.29, 1.82) is 0 Å². The van der Waals surface area contributed by atoms with Crippen molar-refractivity contribution in [2.75, 3.05) is 0 Å². The normalized spacial score (nSPS) is 124. The van der Waals surface area contributed by atoms with Crippen LogP contribution in [-0.4, -0.2) is 0 Å². The SMILES string of the molecule is CC(C)[C]12[CH]3[CH]4[CH]5[C]1(C(C)C)[Ru]43521678[CH]2[CH]1[CH]6[CH]7[CH]28. The van der Waals surface area contributed by atoms with Gasteiger partial charge in [0.1, 0.15) is 0 Å². The Morgan fingerprint density at radius 2 is 1.00 bits per heavy atom. The summed E-state index contributed by atoms with van der Waals surface area (Å²) in [4.78, 5) is 0. The maximum atomic E-state index is 2.66. The van der Waals surface area contributed by atoms with E-state index in [0.717, 1.165) is 19.9 Å². The van der Waals surface area contributed by atoms with Crippen LogP contribution in [0.15, 0.2) is 0 Å². The molecule has 10 saturated heterocycles. The molecule has 10 aliphatic heterocycles. The van der Waals surface area contributed by atoms with Crippen LogP contribution >= 0.6 is 0 Å². The number of hydrogen-bond donors (Lipinski definition) is 0. The molecule has 10 heterocycles. The first kappa shape index (κ1) is 6.87. The molecule has 10 rings (SSSR count). The van der Waals surface area contributed by atoms with E-state index in [9.17, 15) is 0 Å². The standard InChI is InChI=1S/C11H17.C5H5.Ru/c1-8(2)10-6-5-7-11(10)9(3)4;1-2-4-5-3-1;/h5-9H,1-4H3;1-5H;. The van der Waals surface area contributed by atoms with E-state index in [0.29, 0.717) is 0 Å². The number of fused-ring (bicyclic) bond motifs is 10. The van der Waals surface area contributed by atoms with Crippen LogP contribution < -0.4 is 0 Å². The van der Waals surface area contributed by atoms with Gasteiger partial charge in [0.2, 0.25) is 0 Å². The Bertz CT molecular complexity index is 899. The van der Waals surface area contributed by atoms with Gasteiger partial charge in [-0.1, -0.05) is 0 Å². The van der Waals surface area contributed by atoms with E-state index in [1.165, 1.54) is 36.1 Å². The fourth-order valence-corrected chi connectivity index (χ4v) is 163. The second kappa shape index (κ2) is 0.528. The first-order valence-corrected chi connectivity index (χ1v) is 17.8. The second-order valence-electron chi connectivity index (χ2n) is 12.2. The van der Waals surface area contributed by atoms with Crippen LogP contribution in [0.3, 0.4) is 0 Å². The Morgan fingerprint density at radius 3 is 1.12 bits per heavy atom. The summed E-state index contributed by atoms with van der Waals surface area (Å²) >= 11 is 0. The van der Waals surface area contributed by atoms with Crippen LogP contribution in [0.2, 0.25) is 44.1 Å². The van der Waals surface area contributed by atoms with Gasteiger partial charge in [0.05, 0.1) is 0 Å². The second-order valence-corrected chi connectivity index (χ2v) is 48.8. The molecule has 1 heteroatoms. The van der Waals surface area contributed by atoms with Crippen LogP contribution in [0.25, 0.3) is 0 Å². The van der Waals surface area contributed by atoms with E-state index in [-0.39, 0.29) is 0 Å². The van der Waals surface area contributed by atoms with E-state index < -0.39 is 7.72 Å². The Kier molecular flexibility index (Phi) is 0.214. The van der Waals surface area contributed by atoms with Crippen LogP contribution in [-0.2, 0) is 7.72 Å². The zero-order valence-corrected chi connectivity index (χ0v) is 12.9. The molecule has 0 amide bonds. The Morgan fingerprint density at radius 1 is 0.647 bits per heavy atom. The van der Waals surface area contributed by atoms with E-state index >= 15 is 0 Å². The van der Waals surface area contributed by atoms with Gasteiger partial charge >= 0.3 is 91.4 Å². The van der Waals surface area contributed by atoms with Crippen molar-refractivity contribution in [2.45, 2.75) is 71.8 Å². The summed E-state index contributed by atoms with van der Waals surface area (Å²) in [6.07, 6.45) is 0. The quantitative estimate of drug-likeness (QED) is 0.596. The summed E-state index contributed by atoms with van der Waals surface area (Å²) in [6.45, 7) is 10.7. The predicted octanol–water partition coefficient (Wildman–Crippen LogP) is 5.43. The van der Waals surface area contributed by atoms with Crippen LogP contribution in [0.4, 0.5) is 0 Å². The summed E-state index contributed by atoms with van der Waals surface area (Å²) in [5.74, 6) is 2.20. The fourth-order valence-electron chi connectivity index (χ4n) is 20.4. The zero-order valence-electron chi connectivity index (χ0n) is 11.1. The van der Waals surface area contributed by atoms with E-state index in [1.807, 2.05) is 0 Å². The summed E-state index contributed by atoms with van der Waals surface area (Å²) in [5.41, 5.74) is 0. The molecule has 1 spiro atoms. The summed E-state index contributed by atoms with van der Waals surface area (Å²) in [7, 11) is -3.18. The molecule has 0 aromatic heterocycles. The molecule has 10 fully saturated rings. The third kappa shape index (κ3) is 0.0619. The predicted molar refractivity (Wildman–Crippen MR) is 65.1 cm³/mol. The van der Waals surface area contributed by atoms with Crippen molar-refractivity contribution in [3.05, 3.63) is 0 Å². The van der Waals surface area contributed by atoms with Crippen molar-refractivity contribution in [1.82, 2.24) is 0 Å². The van der Waals surface area contributed by atoms with Crippen LogP contribution in [0.1, 0.15) is 27.7 Å². The van der Waals surface area contributed by atoms with Crippen LogP contribution in [0.5, 0.6) is 0 Å². The van der Waals surface area contributed by atoms with Crippen molar-refractivity contribution >= 4 is 0 Å². The molecule has 0 radical (unpaired) electrons. The molecule has 0 aliphatic carbocycles. The van der Waals surface area contributed by atoms with Gasteiger partial charge in [0.25, 0.3) is 0 Å². The molecule has 17 heavy (non-hydrogen) atoms. The summed E-state index contributed by atoms with van der Waals surface area (Å²) < 4.78 is 14.4. The third-order valence-electron chi connectivity index (χ3n) is 16.8. The summed E-state index contributed by atoms with van der Waals surface area (Å²) in [5, 5.41) is 0. The molecule has 0 bridgehead atoms. The molecule has 4 atom stereocenters.